The predicted octanol–water partition coefficient (Wildman–Crippen LogP) is 2.73. The summed E-state index contributed by atoms with van der Waals surface area (Å²) < 4.78 is 5.07. The Morgan fingerprint density at radius 1 is 1.42 bits per heavy atom. The number of phenolic OH excluding ortho intramolecular Hbond substituents is 1. The first-order valence-corrected chi connectivity index (χ1v) is 6.64. The van der Waals surface area contributed by atoms with Gasteiger partial charge in [-0.3, -0.25) is 4.79 Å². The number of hydrogen-bond acceptors (Lipinski definition) is 4. The molecule has 0 saturated heterocycles. The van der Waals surface area contributed by atoms with Gasteiger partial charge in [0.2, 0.25) is 0 Å². The maximum absolute atomic E-state index is 12.3. The summed E-state index contributed by atoms with van der Waals surface area (Å²) in [5, 5.41) is 11.7. The Hall–Kier alpha value is -2.01. The minimum Gasteiger partial charge on any atom is -0.507 e. The minimum absolute atomic E-state index is 0.0381. The van der Waals surface area contributed by atoms with Crippen molar-refractivity contribution in [1.29, 1.82) is 0 Å². The molecule has 1 N–H and O–H groups in total. The third-order valence-corrected chi connectivity index (χ3v) is 3.62. The van der Waals surface area contributed by atoms with Crippen LogP contribution < -0.4 is 4.74 Å². The maximum atomic E-state index is 12.3. The molecule has 1 aromatic heterocycles. The summed E-state index contributed by atoms with van der Waals surface area (Å²) >= 11 is 1.59. The number of amides is 1. The Balaban J connectivity index is 2.18. The summed E-state index contributed by atoms with van der Waals surface area (Å²) in [5.41, 5.74) is 0.249. The third kappa shape index (κ3) is 3.06. The second-order valence-corrected chi connectivity index (χ2v) is 5.16. The molecule has 0 aliphatic carbocycles. The van der Waals surface area contributed by atoms with Gasteiger partial charge in [0.1, 0.15) is 11.5 Å². The lowest BCUT2D eigenvalue weighted by Crippen LogP contribution is -2.25. The highest BCUT2D eigenvalue weighted by atomic mass is 32.1. The molecule has 0 radical (unpaired) electrons. The van der Waals surface area contributed by atoms with Crippen molar-refractivity contribution in [2.24, 2.45) is 0 Å². The number of benzene rings is 1. The molecule has 4 nitrogen and oxygen atoms in total. The summed E-state index contributed by atoms with van der Waals surface area (Å²) in [4.78, 5) is 14.9. The van der Waals surface area contributed by atoms with Crippen molar-refractivity contribution < 1.29 is 14.6 Å². The highest BCUT2D eigenvalue weighted by Gasteiger charge is 2.17. The third-order valence-electron chi connectivity index (χ3n) is 2.75. The Labute approximate surface area is 115 Å². The number of carbonyl (C=O) groups excluding carboxylic acids is 1. The molecule has 0 aliphatic rings. The van der Waals surface area contributed by atoms with Gasteiger partial charge in [0.05, 0.1) is 19.2 Å². The van der Waals surface area contributed by atoms with E-state index < -0.39 is 0 Å². The maximum Gasteiger partial charge on any atom is 0.257 e. The quantitative estimate of drug-likeness (QED) is 0.935. The number of hydrogen-bond donors (Lipinski definition) is 1. The molecular weight excluding hydrogens is 262 g/mol. The second kappa shape index (κ2) is 5.75. The van der Waals surface area contributed by atoms with E-state index in [1.54, 1.807) is 35.4 Å². The molecule has 0 fully saturated rings. The van der Waals surface area contributed by atoms with E-state index in [2.05, 4.69) is 0 Å². The van der Waals surface area contributed by atoms with E-state index in [0.29, 0.717) is 12.3 Å². The van der Waals surface area contributed by atoms with Crippen LogP contribution in [0.15, 0.2) is 35.7 Å². The number of thiophene rings is 1. The zero-order valence-electron chi connectivity index (χ0n) is 10.8. The molecule has 0 atom stereocenters. The van der Waals surface area contributed by atoms with E-state index in [0.717, 1.165) is 4.88 Å². The average molecular weight is 277 g/mol. The van der Waals surface area contributed by atoms with Gasteiger partial charge >= 0.3 is 0 Å². The van der Waals surface area contributed by atoms with E-state index >= 15 is 0 Å². The Morgan fingerprint density at radius 2 is 2.21 bits per heavy atom. The Bertz CT molecular complexity index is 566. The molecule has 0 aliphatic heterocycles. The van der Waals surface area contributed by atoms with Crippen molar-refractivity contribution in [3.63, 3.8) is 0 Å². The number of aromatic hydroxyl groups is 1. The predicted molar refractivity (Wildman–Crippen MR) is 74.8 cm³/mol. The van der Waals surface area contributed by atoms with Gasteiger partial charge in [-0.05, 0) is 29.6 Å². The number of phenols is 1. The van der Waals surface area contributed by atoms with Gasteiger partial charge in [-0.2, -0.15) is 0 Å². The molecule has 1 amide bonds. The van der Waals surface area contributed by atoms with Crippen LogP contribution in [0.2, 0.25) is 0 Å². The molecule has 0 spiro atoms. The minimum atomic E-state index is -0.232. The Kier molecular flexibility index (Phi) is 4.06. The molecule has 0 bridgehead atoms. The number of ether oxygens (including phenoxy) is 1. The molecule has 19 heavy (non-hydrogen) atoms. The lowest BCUT2D eigenvalue weighted by Gasteiger charge is -2.17. The first-order chi connectivity index (χ1) is 9.11. The zero-order chi connectivity index (χ0) is 13.8. The fourth-order valence-electron chi connectivity index (χ4n) is 1.73. The fraction of sp³-hybridized carbons (Fsp3) is 0.214. The fourth-order valence-corrected chi connectivity index (χ4v) is 2.48. The van der Waals surface area contributed by atoms with Gasteiger partial charge in [0.15, 0.2) is 0 Å². The van der Waals surface area contributed by atoms with Gasteiger partial charge in [0, 0.05) is 11.9 Å². The van der Waals surface area contributed by atoms with Crippen LogP contribution >= 0.6 is 11.3 Å². The lowest BCUT2D eigenvalue weighted by molar-refractivity contribution is 0.0783. The molecule has 2 rings (SSSR count). The molecule has 0 unspecified atom stereocenters. The van der Waals surface area contributed by atoms with Crippen LogP contribution in [-0.2, 0) is 6.54 Å². The number of nitrogens with zero attached hydrogens (tertiary/aromatic N) is 1. The topological polar surface area (TPSA) is 49.8 Å². The molecular formula is C14H15NO3S. The van der Waals surface area contributed by atoms with Crippen LogP contribution in [0.3, 0.4) is 0 Å². The normalized spacial score (nSPS) is 10.2. The summed E-state index contributed by atoms with van der Waals surface area (Å²) in [6.45, 7) is 0.521. The van der Waals surface area contributed by atoms with Crippen LogP contribution in [-0.4, -0.2) is 30.1 Å². The first kappa shape index (κ1) is 13.4. The van der Waals surface area contributed by atoms with Gasteiger partial charge < -0.3 is 14.7 Å². The number of methoxy groups -OCH3 is 1. The summed E-state index contributed by atoms with van der Waals surface area (Å²) in [6, 6.07) is 8.54. The second-order valence-electron chi connectivity index (χ2n) is 4.12. The highest BCUT2D eigenvalue weighted by Crippen LogP contribution is 2.24. The average Bonchev–Trinajstić information content (AvgIpc) is 2.91. The number of rotatable bonds is 4. The van der Waals surface area contributed by atoms with E-state index in [-0.39, 0.29) is 17.2 Å². The van der Waals surface area contributed by atoms with Gasteiger partial charge in [0.25, 0.3) is 5.91 Å². The molecule has 2 aromatic rings. The summed E-state index contributed by atoms with van der Waals surface area (Å²) in [7, 11) is 3.23. The van der Waals surface area contributed by atoms with Crippen molar-refractivity contribution in [1.82, 2.24) is 4.90 Å². The van der Waals surface area contributed by atoms with Gasteiger partial charge in [-0.1, -0.05) is 6.07 Å². The number of carbonyl (C=O) groups is 1. The standard InChI is InChI=1S/C14H15NO3S/c1-15(9-11-4-3-7-19-11)14(17)12-8-10(18-2)5-6-13(12)16/h3-8,16H,9H2,1-2H3. The van der Waals surface area contributed by atoms with Crippen molar-refractivity contribution in [2.75, 3.05) is 14.2 Å². The molecule has 1 heterocycles. The van der Waals surface area contributed by atoms with Gasteiger partial charge in [-0.25, -0.2) is 0 Å². The van der Waals surface area contributed by atoms with Crippen LogP contribution in [0.25, 0.3) is 0 Å². The van der Waals surface area contributed by atoms with Crippen LogP contribution in [0, 0.1) is 0 Å². The van der Waals surface area contributed by atoms with E-state index in [9.17, 15) is 9.90 Å². The monoisotopic (exact) mass is 277 g/mol. The van der Waals surface area contributed by atoms with Crippen LogP contribution in [0.1, 0.15) is 15.2 Å². The molecule has 1 aromatic carbocycles. The van der Waals surface area contributed by atoms with Crippen molar-refractivity contribution in [2.45, 2.75) is 6.54 Å². The zero-order valence-corrected chi connectivity index (χ0v) is 11.6. The largest absolute Gasteiger partial charge is 0.507 e. The highest BCUT2D eigenvalue weighted by molar-refractivity contribution is 7.09. The smallest absolute Gasteiger partial charge is 0.257 e. The molecule has 0 saturated carbocycles. The van der Waals surface area contributed by atoms with Crippen molar-refractivity contribution in [3.05, 3.63) is 46.2 Å². The molecule has 100 valence electrons. The van der Waals surface area contributed by atoms with Crippen molar-refractivity contribution >= 4 is 17.2 Å². The lowest BCUT2D eigenvalue weighted by atomic mass is 10.1. The van der Waals surface area contributed by atoms with E-state index in [4.69, 9.17) is 4.74 Å². The van der Waals surface area contributed by atoms with E-state index in [1.165, 1.54) is 13.2 Å². The molecule has 5 heteroatoms. The van der Waals surface area contributed by atoms with Gasteiger partial charge in [-0.15, -0.1) is 11.3 Å². The van der Waals surface area contributed by atoms with Crippen LogP contribution in [0.5, 0.6) is 11.5 Å². The van der Waals surface area contributed by atoms with Crippen LogP contribution in [0.4, 0.5) is 0 Å². The Morgan fingerprint density at radius 3 is 2.84 bits per heavy atom. The van der Waals surface area contributed by atoms with Crippen molar-refractivity contribution in [3.8, 4) is 11.5 Å². The summed E-state index contributed by atoms with van der Waals surface area (Å²) in [5.74, 6) is 0.277. The van der Waals surface area contributed by atoms with E-state index in [1.807, 2.05) is 17.5 Å². The SMILES string of the molecule is COc1ccc(O)c(C(=O)N(C)Cc2cccs2)c1. The summed E-state index contributed by atoms with van der Waals surface area (Å²) in [6.07, 6.45) is 0. The first-order valence-electron chi connectivity index (χ1n) is 5.76.